The molecule has 98 valence electrons. The molecule has 1 atom stereocenters. The highest BCUT2D eigenvalue weighted by molar-refractivity contribution is 5.47. The fraction of sp³-hybridized carbons (Fsp3) is 0.545. The Hall–Kier alpha value is -1.79. The zero-order valence-corrected chi connectivity index (χ0v) is 9.72. The summed E-state index contributed by atoms with van der Waals surface area (Å²) in [5.74, 6) is -3.12. The first-order valence-corrected chi connectivity index (χ1v) is 5.69. The molecule has 7 heteroatoms. The number of nitrogens with one attached hydrogen (secondary N) is 1. The van der Waals surface area contributed by atoms with Gasteiger partial charge in [-0.05, 0) is 12.5 Å². The highest BCUT2D eigenvalue weighted by Crippen LogP contribution is 2.32. The van der Waals surface area contributed by atoms with Crippen molar-refractivity contribution in [2.24, 2.45) is 5.92 Å². The summed E-state index contributed by atoms with van der Waals surface area (Å²) in [4.78, 5) is 19.3. The average molecular weight is 256 g/mol. The van der Waals surface area contributed by atoms with Crippen LogP contribution in [0.5, 0.6) is 0 Å². The van der Waals surface area contributed by atoms with Gasteiger partial charge in [0.1, 0.15) is 12.1 Å². The van der Waals surface area contributed by atoms with Crippen LogP contribution in [0.25, 0.3) is 0 Å². The van der Waals surface area contributed by atoms with E-state index in [4.69, 9.17) is 0 Å². The molecule has 18 heavy (non-hydrogen) atoms. The predicted molar refractivity (Wildman–Crippen MR) is 61.2 cm³/mol. The fourth-order valence-electron chi connectivity index (χ4n) is 1.98. The van der Waals surface area contributed by atoms with E-state index in [0.717, 1.165) is 4.90 Å². The van der Waals surface area contributed by atoms with Gasteiger partial charge in [-0.15, -0.1) is 0 Å². The lowest BCUT2D eigenvalue weighted by Gasteiger charge is -2.36. The Labute approximate surface area is 103 Å². The van der Waals surface area contributed by atoms with Gasteiger partial charge in [-0.2, -0.15) is 0 Å². The van der Waals surface area contributed by atoms with Crippen LogP contribution in [0, 0.1) is 5.92 Å². The van der Waals surface area contributed by atoms with E-state index in [1.807, 2.05) is 0 Å². The number of hydrogen-bond acceptors (Lipinski definition) is 4. The number of amides is 1. The van der Waals surface area contributed by atoms with Crippen LogP contribution in [0.2, 0.25) is 0 Å². The molecule has 1 amide bonds. The van der Waals surface area contributed by atoms with E-state index in [2.05, 4.69) is 15.3 Å². The first kappa shape index (κ1) is 12.7. The second kappa shape index (κ2) is 5.24. The van der Waals surface area contributed by atoms with Crippen molar-refractivity contribution in [1.82, 2.24) is 14.9 Å². The number of hydrogen-bond donors (Lipinski definition) is 1. The van der Waals surface area contributed by atoms with Crippen LogP contribution >= 0.6 is 0 Å². The molecule has 1 saturated heterocycles. The Morgan fingerprint density at radius 2 is 2.44 bits per heavy atom. The van der Waals surface area contributed by atoms with E-state index in [9.17, 15) is 13.6 Å². The van der Waals surface area contributed by atoms with Crippen LogP contribution in [-0.2, 0) is 4.79 Å². The SMILES string of the molecule is O=CN1CCC(CNc2ccncn2)C(F)(F)C1. The van der Waals surface area contributed by atoms with Crippen molar-refractivity contribution < 1.29 is 13.6 Å². The van der Waals surface area contributed by atoms with Gasteiger partial charge in [-0.1, -0.05) is 0 Å². The van der Waals surface area contributed by atoms with Gasteiger partial charge in [0.25, 0.3) is 5.92 Å². The van der Waals surface area contributed by atoms with Crippen molar-refractivity contribution in [3.05, 3.63) is 18.6 Å². The number of rotatable bonds is 4. The number of piperidine rings is 1. The minimum Gasteiger partial charge on any atom is -0.369 e. The lowest BCUT2D eigenvalue weighted by Crippen LogP contribution is -2.50. The fourth-order valence-corrected chi connectivity index (χ4v) is 1.98. The van der Waals surface area contributed by atoms with Crippen molar-refractivity contribution in [1.29, 1.82) is 0 Å². The van der Waals surface area contributed by atoms with Gasteiger partial charge in [0.15, 0.2) is 0 Å². The molecular weight excluding hydrogens is 242 g/mol. The molecule has 2 heterocycles. The van der Waals surface area contributed by atoms with Crippen LogP contribution in [0.1, 0.15) is 6.42 Å². The largest absolute Gasteiger partial charge is 0.369 e. The summed E-state index contributed by atoms with van der Waals surface area (Å²) in [5.41, 5.74) is 0. The Morgan fingerprint density at radius 3 is 3.06 bits per heavy atom. The third-order valence-corrected chi connectivity index (χ3v) is 3.04. The molecule has 1 N–H and O–H groups in total. The molecule has 1 unspecified atom stereocenters. The van der Waals surface area contributed by atoms with E-state index in [0.29, 0.717) is 18.8 Å². The van der Waals surface area contributed by atoms with Gasteiger partial charge in [-0.25, -0.2) is 18.7 Å². The van der Waals surface area contributed by atoms with Crippen LogP contribution < -0.4 is 5.32 Å². The molecule has 0 aliphatic carbocycles. The number of anilines is 1. The number of likely N-dealkylation sites (tertiary alicyclic amines) is 1. The molecule has 0 spiro atoms. The van der Waals surface area contributed by atoms with E-state index >= 15 is 0 Å². The van der Waals surface area contributed by atoms with Crippen LogP contribution in [-0.4, -0.2) is 46.8 Å². The molecule has 1 aliphatic heterocycles. The van der Waals surface area contributed by atoms with E-state index in [-0.39, 0.29) is 13.0 Å². The van der Waals surface area contributed by atoms with Gasteiger partial charge in [0, 0.05) is 25.2 Å². The van der Waals surface area contributed by atoms with Crippen molar-refractivity contribution >= 4 is 12.2 Å². The molecule has 1 aliphatic rings. The number of halogens is 2. The number of carbonyl (C=O) groups is 1. The third-order valence-electron chi connectivity index (χ3n) is 3.04. The zero-order valence-electron chi connectivity index (χ0n) is 9.72. The van der Waals surface area contributed by atoms with E-state index in [1.165, 1.54) is 6.33 Å². The van der Waals surface area contributed by atoms with Gasteiger partial charge in [0.2, 0.25) is 6.41 Å². The van der Waals surface area contributed by atoms with Gasteiger partial charge in [0.05, 0.1) is 6.54 Å². The lowest BCUT2D eigenvalue weighted by atomic mass is 9.93. The first-order valence-electron chi connectivity index (χ1n) is 5.69. The maximum absolute atomic E-state index is 13.7. The molecule has 1 fully saturated rings. The monoisotopic (exact) mass is 256 g/mol. The molecule has 0 bridgehead atoms. The van der Waals surface area contributed by atoms with Crippen LogP contribution in [0.15, 0.2) is 18.6 Å². The normalized spacial score (nSPS) is 22.6. The van der Waals surface area contributed by atoms with E-state index < -0.39 is 18.4 Å². The van der Waals surface area contributed by atoms with Gasteiger partial charge in [-0.3, -0.25) is 4.79 Å². The maximum atomic E-state index is 13.7. The summed E-state index contributed by atoms with van der Waals surface area (Å²) in [5, 5.41) is 2.86. The average Bonchev–Trinajstić information content (AvgIpc) is 2.37. The van der Waals surface area contributed by atoms with Crippen molar-refractivity contribution in [3.63, 3.8) is 0 Å². The van der Waals surface area contributed by atoms with Crippen LogP contribution in [0.3, 0.4) is 0 Å². The Bertz CT molecular complexity index is 401. The highest BCUT2D eigenvalue weighted by Gasteiger charge is 2.44. The molecular formula is C11H14F2N4O. The molecule has 0 saturated carbocycles. The van der Waals surface area contributed by atoms with Crippen molar-refractivity contribution in [2.75, 3.05) is 25.0 Å². The minimum atomic E-state index is -2.86. The molecule has 1 aromatic heterocycles. The van der Waals surface area contributed by atoms with E-state index in [1.54, 1.807) is 12.3 Å². The topological polar surface area (TPSA) is 58.1 Å². The summed E-state index contributed by atoms with van der Waals surface area (Å²) in [6.07, 6.45) is 3.66. The predicted octanol–water partition coefficient (Wildman–Crippen LogP) is 1.00. The molecule has 2 rings (SSSR count). The second-order valence-corrected chi connectivity index (χ2v) is 4.30. The highest BCUT2D eigenvalue weighted by atomic mass is 19.3. The number of nitrogens with zero attached hydrogens (tertiary/aromatic N) is 3. The number of carbonyl (C=O) groups excluding carboxylic acids is 1. The smallest absolute Gasteiger partial charge is 0.269 e. The molecule has 5 nitrogen and oxygen atoms in total. The number of aromatic nitrogens is 2. The number of alkyl halides is 2. The Balaban J connectivity index is 1.91. The molecule has 0 aromatic carbocycles. The standard InChI is InChI=1S/C11H14F2N4O/c12-11(13)6-17(8-18)4-2-9(11)5-15-10-1-3-14-7-16-10/h1,3,7-9H,2,4-6H2,(H,14,15,16). The summed E-state index contributed by atoms with van der Waals surface area (Å²) >= 11 is 0. The quantitative estimate of drug-likeness (QED) is 0.817. The van der Waals surface area contributed by atoms with Crippen molar-refractivity contribution in [2.45, 2.75) is 12.3 Å². The Kier molecular flexibility index (Phi) is 3.69. The summed E-state index contributed by atoms with van der Waals surface area (Å²) in [7, 11) is 0. The van der Waals surface area contributed by atoms with Gasteiger partial charge >= 0.3 is 0 Å². The summed E-state index contributed by atoms with van der Waals surface area (Å²) in [6.45, 7) is -0.00145. The Morgan fingerprint density at radius 1 is 1.61 bits per heavy atom. The van der Waals surface area contributed by atoms with Crippen molar-refractivity contribution in [3.8, 4) is 0 Å². The molecule has 1 aromatic rings. The molecule has 0 radical (unpaired) electrons. The van der Waals surface area contributed by atoms with Crippen LogP contribution in [0.4, 0.5) is 14.6 Å². The lowest BCUT2D eigenvalue weighted by molar-refractivity contribution is -0.137. The zero-order chi connectivity index (χ0) is 13.0. The maximum Gasteiger partial charge on any atom is 0.269 e. The minimum absolute atomic E-state index is 0.136. The summed E-state index contributed by atoms with van der Waals surface area (Å²) in [6, 6.07) is 1.62. The third kappa shape index (κ3) is 2.91. The first-order chi connectivity index (χ1) is 8.62. The second-order valence-electron chi connectivity index (χ2n) is 4.30. The van der Waals surface area contributed by atoms with Gasteiger partial charge < -0.3 is 10.2 Å². The summed E-state index contributed by atoms with van der Waals surface area (Å²) < 4.78 is 27.5.